The fourth-order valence-electron chi connectivity index (χ4n) is 4.28. The second kappa shape index (κ2) is 8.65. The van der Waals surface area contributed by atoms with Crippen molar-refractivity contribution in [2.45, 2.75) is 19.9 Å². The van der Waals surface area contributed by atoms with E-state index in [9.17, 15) is 29.2 Å². The Bertz CT molecular complexity index is 1630. The number of hydrogen-bond acceptors (Lipinski definition) is 7. The number of hydrogen-bond donors (Lipinski definition) is 1. The molecule has 2 heterocycles. The summed E-state index contributed by atoms with van der Waals surface area (Å²) < 4.78 is 14.2. The van der Waals surface area contributed by atoms with E-state index in [2.05, 4.69) is 4.98 Å². The first-order valence-corrected chi connectivity index (χ1v) is 11.7. The molecule has 0 bridgehead atoms. The number of benzene rings is 3. The number of ketones is 1. The number of nitro benzene ring substituents is 1. The van der Waals surface area contributed by atoms with E-state index in [0.717, 1.165) is 21.8 Å². The SMILES string of the molecule is Cc1ccc(C)c(C(O)=C2C(=O)C(=O)N(c3nc4ccc(F)cc4s3)C2c2cccc([N+](=O)[O-])c2)c1. The summed E-state index contributed by atoms with van der Waals surface area (Å²) in [6.07, 6.45) is 0. The number of anilines is 1. The minimum absolute atomic E-state index is 0.106. The molecule has 1 saturated heterocycles. The van der Waals surface area contributed by atoms with Crippen LogP contribution in [0.5, 0.6) is 0 Å². The number of Topliss-reactive ketones (excluding diaryl/α,β-unsaturated/α-hetero) is 1. The normalized spacial score (nSPS) is 17.2. The zero-order chi connectivity index (χ0) is 25.7. The Labute approximate surface area is 208 Å². The van der Waals surface area contributed by atoms with Crippen LogP contribution in [-0.2, 0) is 9.59 Å². The Hall–Kier alpha value is -4.44. The molecule has 1 unspecified atom stereocenters. The van der Waals surface area contributed by atoms with Crippen LogP contribution in [0.15, 0.2) is 66.2 Å². The monoisotopic (exact) mass is 503 g/mol. The lowest BCUT2D eigenvalue weighted by Gasteiger charge is -2.23. The summed E-state index contributed by atoms with van der Waals surface area (Å²) in [5.41, 5.74) is 2.10. The van der Waals surface area contributed by atoms with E-state index in [1.165, 1.54) is 36.4 Å². The van der Waals surface area contributed by atoms with Crippen LogP contribution in [-0.4, -0.2) is 26.7 Å². The highest BCUT2D eigenvalue weighted by molar-refractivity contribution is 7.22. The molecule has 0 spiro atoms. The van der Waals surface area contributed by atoms with Crippen molar-refractivity contribution in [2.75, 3.05) is 4.90 Å². The van der Waals surface area contributed by atoms with Crippen molar-refractivity contribution in [3.05, 3.63) is 104 Å². The highest BCUT2D eigenvalue weighted by atomic mass is 32.1. The highest BCUT2D eigenvalue weighted by Gasteiger charge is 2.48. The average molecular weight is 504 g/mol. The number of halogens is 1. The third kappa shape index (κ3) is 3.81. The number of thiazole rings is 1. The second-order valence-electron chi connectivity index (χ2n) is 8.45. The summed E-state index contributed by atoms with van der Waals surface area (Å²) in [6, 6.07) is 13.6. The fraction of sp³-hybridized carbons (Fsp3) is 0.115. The molecule has 5 rings (SSSR count). The van der Waals surface area contributed by atoms with Gasteiger partial charge in [0.2, 0.25) is 0 Å². The molecule has 1 atom stereocenters. The van der Waals surface area contributed by atoms with Crippen molar-refractivity contribution in [2.24, 2.45) is 0 Å². The van der Waals surface area contributed by atoms with Crippen LogP contribution in [0.1, 0.15) is 28.3 Å². The van der Waals surface area contributed by atoms with Gasteiger partial charge in [-0.3, -0.25) is 24.6 Å². The number of aryl methyl sites for hydroxylation is 2. The predicted octanol–water partition coefficient (Wildman–Crippen LogP) is 5.59. The Morgan fingerprint density at radius 1 is 1.11 bits per heavy atom. The first-order chi connectivity index (χ1) is 17.2. The van der Waals surface area contributed by atoms with Gasteiger partial charge in [-0.2, -0.15) is 0 Å². The van der Waals surface area contributed by atoms with Crippen LogP contribution in [0.2, 0.25) is 0 Å². The van der Waals surface area contributed by atoms with E-state index in [1.54, 1.807) is 25.1 Å². The van der Waals surface area contributed by atoms with Gasteiger partial charge in [-0.25, -0.2) is 9.37 Å². The number of amides is 1. The zero-order valence-electron chi connectivity index (χ0n) is 19.1. The van der Waals surface area contributed by atoms with Crippen molar-refractivity contribution < 1.29 is 24.0 Å². The molecule has 1 N–H and O–H groups in total. The Kier molecular flexibility index (Phi) is 5.60. The van der Waals surface area contributed by atoms with Gasteiger partial charge in [-0.1, -0.05) is 41.2 Å². The van der Waals surface area contributed by atoms with Crippen molar-refractivity contribution in [3.8, 4) is 0 Å². The van der Waals surface area contributed by atoms with Gasteiger partial charge in [0.25, 0.3) is 11.5 Å². The number of rotatable bonds is 4. The Balaban J connectivity index is 1.78. The molecule has 1 aromatic heterocycles. The molecule has 8 nitrogen and oxygen atoms in total. The van der Waals surface area contributed by atoms with Gasteiger partial charge in [0.1, 0.15) is 11.6 Å². The summed E-state index contributed by atoms with van der Waals surface area (Å²) in [4.78, 5) is 43.1. The molecule has 4 aromatic rings. The molecule has 180 valence electrons. The number of fused-ring (bicyclic) bond motifs is 1. The molecule has 0 saturated carbocycles. The summed E-state index contributed by atoms with van der Waals surface area (Å²) >= 11 is 1.00. The average Bonchev–Trinajstić information content (AvgIpc) is 3.38. The largest absolute Gasteiger partial charge is 0.507 e. The molecule has 36 heavy (non-hydrogen) atoms. The van der Waals surface area contributed by atoms with Crippen molar-refractivity contribution in [1.29, 1.82) is 0 Å². The van der Waals surface area contributed by atoms with Crippen molar-refractivity contribution in [3.63, 3.8) is 0 Å². The molecule has 1 fully saturated rings. The number of aliphatic hydroxyl groups is 1. The van der Waals surface area contributed by atoms with Gasteiger partial charge >= 0.3 is 5.91 Å². The standard InChI is InChI=1S/C26H18FN3O5S/c1-13-6-7-14(2)18(10-13)23(31)21-22(15-4-3-5-17(11-15)30(34)35)29(25(33)24(21)32)26-28-19-9-8-16(27)12-20(19)36-26/h3-12,22,31H,1-2H3. The maximum atomic E-state index is 13.8. The minimum atomic E-state index is -1.18. The topological polar surface area (TPSA) is 114 Å². The molecule has 0 aliphatic carbocycles. The van der Waals surface area contributed by atoms with Gasteiger partial charge < -0.3 is 5.11 Å². The smallest absolute Gasteiger partial charge is 0.301 e. The third-order valence-corrected chi connectivity index (χ3v) is 7.05. The molecule has 3 aromatic carbocycles. The van der Waals surface area contributed by atoms with E-state index in [0.29, 0.717) is 21.3 Å². The van der Waals surface area contributed by atoms with Gasteiger partial charge in [0.05, 0.1) is 26.8 Å². The van der Waals surface area contributed by atoms with E-state index in [-0.39, 0.29) is 27.7 Å². The molecular weight excluding hydrogens is 485 g/mol. The summed E-state index contributed by atoms with van der Waals surface area (Å²) in [5, 5.41) is 22.9. The van der Waals surface area contributed by atoms with Crippen LogP contribution in [0.25, 0.3) is 16.0 Å². The number of nitrogens with zero attached hydrogens (tertiary/aromatic N) is 3. The number of carbonyl (C=O) groups is 2. The van der Waals surface area contributed by atoms with Crippen LogP contribution in [0.4, 0.5) is 15.2 Å². The molecule has 1 aliphatic rings. The number of carbonyl (C=O) groups excluding carboxylic acids is 2. The first kappa shape index (κ1) is 23.3. The van der Waals surface area contributed by atoms with Crippen LogP contribution in [0, 0.1) is 29.8 Å². The maximum absolute atomic E-state index is 13.8. The van der Waals surface area contributed by atoms with Crippen LogP contribution >= 0.6 is 11.3 Å². The summed E-state index contributed by atoms with van der Waals surface area (Å²) in [6.45, 7) is 3.59. The quantitative estimate of drug-likeness (QED) is 0.128. The van der Waals surface area contributed by atoms with Gasteiger partial charge in [0, 0.05) is 17.7 Å². The van der Waals surface area contributed by atoms with Crippen LogP contribution in [0.3, 0.4) is 0 Å². The number of non-ortho nitro benzene ring substituents is 1. The Morgan fingerprint density at radius 2 is 1.89 bits per heavy atom. The van der Waals surface area contributed by atoms with Gasteiger partial charge in [-0.05, 0) is 49.2 Å². The van der Waals surface area contributed by atoms with Crippen molar-refractivity contribution >= 4 is 49.8 Å². The highest BCUT2D eigenvalue weighted by Crippen LogP contribution is 2.45. The Morgan fingerprint density at radius 3 is 2.64 bits per heavy atom. The minimum Gasteiger partial charge on any atom is -0.507 e. The number of nitro groups is 1. The predicted molar refractivity (Wildman–Crippen MR) is 133 cm³/mol. The zero-order valence-corrected chi connectivity index (χ0v) is 19.9. The summed E-state index contributed by atoms with van der Waals surface area (Å²) in [5.74, 6) is -2.76. The molecule has 10 heteroatoms. The molecule has 1 aliphatic heterocycles. The lowest BCUT2D eigenvalue weighted by molar-refractivity contribution is -0.384. The molecule has 0 radical (unpaired) electrons. The fourth-order valence-corrected chi connectivity index (χ4v) is 5.30. The first-order valence-electron chi connectivity index (χ1n) is 10.8. The second-order valence-corrected chi connectivity index (χ2v) is 9.46. The number of aromatic nitrogens is 1. The molecule has 1 amide bonds. The van der Waals surface area contributed by atoms with Gasteiger partial charge in [-0.15, -0.1) is 0 Å². The number of aliphatic hydroxyl groups excluding tert-OH is 1. The maximum Gasteiger partial charge on any atom is 0.301 e. The lowest BCUT2D eigenvalue weighted by Crippen LogP contribution is -2.29. The van der Waals surface area contributed by atoms with E-state index < -0.39 is 28.5 Å². The van der Waals surface area contributed by atoms with Crippen LogP contribution < -0.4 is 4.90 Å². The molecular formula is C26H18FN3O5S. The lowest BCUT2D eigenvalue weighted by atomic mass is 9.93. The van der Waals surface area contributed by atoms with Gasteiger partial charge in [0.15, 0.2) is 5.13 Å². The third-order valence-electron chi connectivity index (χ3n) is 6.03. The summed E-state index contributed by atoms with van der Waals surface area (Å²) in [7, 11) is 0. The van der Waals surface area contributed by atoms with E-state index >= 15 is 0 Å². The van der Waals surface area contributed by atoms with E-state index in [1.807, 2.05) is 13.0 Å². The van der Waals surface area contributed by atoms with E-state index in [4.69, 9.17) is 0 Å². The van der Waals surface area contributed by atoms with Crippen molar-refractivity contribution in [1.82, 2.24) is 4.98 Å².